The van der Waals surface area contributed by atoms with Crippen molar-refractivity contribution >= 4 is 0 Å². The van der Waals surface area contributed by atoms with Crippen molar-refractivity contribution in [3.63, 3.8) is 0 Å². The van der Waals surface area contributed by atoms with Crippen molar-refractivity contribution in [1.29, 1.82) is 0 Å². The Hall–Kier alpha value is -1.81. The highest BCUT2D eigenvalue weighted by molar-refractivity contribution is 5.28. The minimum atomic E-state index is -0.679. The topological polar surface area (TPSA) is 38.9 Å². The fraction of sp³-hybridized carbons (Fsp3) is 0.0833. The lowest BCUT2D eigenvalue weighted by atomic mass is 10.0. The van der Waals surface area contributed by atoms with E-state index in [0.717, 1.165) is 6.20 Å². The summed E-state index contributed by atoms with van der Waals surface area (Å²) in [5.74, 6) is -0.828. The molecule has 2 nitrogen and oxygen atoms in total. The van der Waals surface area contributed by atoms with Crippen LogP contribution in [0, 0.1) is 11.6 Å². The molecule has 2 aromatic rings. The Morgan fingerprint density at radius 2 is 1.81 bits per heavy atom. The minimum absolute atomic E-state index is 0.349. The van der Waals surface area contributed by atoms with Gasteiger partial charge < -0.3 is 5.73 Å². The summed E-state index contributed by atoms with van der Waals surface area (Å²) in [4.78, 5) is 3.83. The van der Waals surface area contributed by atoms with E-state index in [1.165, 1.54) is 18.2 Å². The lowest BCUT2D eigenvalue weighted by molar-refractivity contribution is 0.593. The predicted octanol–water partition coefficient (Wildman–Crippen LogP) is 2.41. The zero-order chi connectivity index (χ0) is 11.5. The summed E-state index contributed by atoms with van der Waals surface area (Å²) in [6.07, 6.45) is 1.07. The van der Waals surface area contributed by atoms with E-state index in [2.05, 4.69) is 4.98 Å². The van der Waals surface area contributed by atoms with Crippen molar-refractivity contribution in [2.75, 3.05) is 0 Å². The Kier molecular flexibility index (Phi) is 2.92. The largest absolute Gasteiger partial charge is 0.319 e. The van der Waals surface area contributed by atoms with Crippen LogP contribution < -0.4 is 5.73 Å². The summed E-state index contributed by atoms with van der Waals surface area (Å²) in [5.41, 5.74) is 6.63. The van der Waals surface area contributed by atoms with E-state index in [-0.39, 0.29) is 5.82 Å². The van der Waals surface area contributed by atoms with Crippen LogP contribution in [-0.4, -0.2) is 4.98 Å². The Morgan fingerprint density at radius 1 is 1.06 bits per heavy atom. The van der Waals surface area contributed by atoms with E-state index in [0.29, 0.717) is 11.3 Å². The Labute approximate surface area is 91.7 Å². The average molecular weight is 220 g/mol. The molecule has 0 aliphatic rings. The van der Waals surface area contributed by atoms with Crippen LogP contribution in [0.25, 0.3) is 0 Å². The van der Waals surface area contributed by atoms with E-state index < -0.39 is 11.9 Å². The first-order valence-corrected chi connectivity index (χ1v) is 4.80. The Morgan fingerprint density at radius 3 is 2.44 bits per heavy atom. The van der Waals surface area contributed by atoms with Crippen LogP contribution in [0.2, 0.25) is 0 Å². The lowest BCUT2D eigenvalue weighted by Gasteiger charge is -2.11. The molecule has 1 heterocycles. The summed E-state index contributed by atoms with van der Waals surface area (Å²) in [6, 6.07) is 8.23. The fourth-order valence-corrected chi connectivity index (χ4v) is 1.46. The van der Waals surface area contributed by atoms with Crippen LogP contribution in [-0.2, 0) is 0 Å². The first-order chi connectivity index (χ1) is 7.68. The molecular weight excluding hydrogens is 210 g/mol. The maximum absolute atomic E-state index is 13.4. The summed E-state index contributed by atoms with van der Waals surface area (Å²) in [6.45, 7) is 0. The van der Waals surface area contributed by atoms with Gasteiger partial charge >= 0.3 is 0 Å². The molecule has 0 radical (unpaired) electrons. The van der Waals surface area contributed by atoms with E-state index >= 15 is 0 Å². The summed E-state index contributed by atoms with van der Waals surface area (Å²) < 4.78 is 26.1. The number of benzene rings is 1. The molecule has 82 valence electrons. The van der Waals surface area contributed by atoms with Crippen LogP contribution >= 0.6 is 0 Å². The van der Waals surface area contributed by atoms with Crippen molar-refractivity contribution in [2.45, 2.75) is 6.04 Å². The lowest BCUT2D eigenvalue weighted by Crippen LogP contribution is -2.15. The van der Waals surface area contributed by atoms with E-state index in [9.17, 15) is 8.78 Å². The second kappa shape index (κ2) is 4.37. The van der Waals surface area contributed by atoms with Gasteiger partial charge in [-0.2, -0.15) is 0 Å². The van der Waals surface area contributed by atoms with Gasteiger partial charge in [0, 0.05) is 5.56 Å². The van der Waals surface area contributed by atoms with Crippen molar-refractivity contribution in [1.82, 2.24) is 4.98 Å². The van der Waals surface area contributed by atoms with Gasteiger partial charge in [-0.05, 0) is 18.2 Å². The molecule has 1 unspecified atom stereocenters. The van der Waals surface area contributed by atoms with Gasteiger partial charge in [0.1, 0.15) is 11.6 Å². The zero-order valence-corrected chi connectivity index (χ0v) is 8.40. The third kappa shape index (κ3) is 2.06. The van der Waals surface area contributed by atoms with Gasteiger partial charge in [-0.25, -0.2) is 8.78 Å². The number of aromatic nitrogens is 1. The van der Waals surface area contributed by atoms with Gasteiger partial charge in [-0.3, -0.25) is 4.98 Å². The molecular formula is C12H10F2N2. The number of hydrogen-bond acceptors (Lipinski definition) is 2. The molecule has 0 bridgehead atoms. The number of nitrogens with two attached hydrogens (primary N) is 1. The first kappa shape index (κ1) is 10.7. The number of hydrogen-bond donors (Lipinski definition) is 1. The molecule has 0 amide bonds. The minimum Gasteiger partial charge on any atom is -0.319 e. The monoisotopic (exact) mass is 220 g/mol. The highest BCUT2D eigenvalue weighted by Gasteiger charge is 2.13. The second-order valence-electron chi connectivity index (χ2n) is 3.40. The Balaban J connectivity index is 2.35. The third-order valence-electron chi connectivity index (χ3n) is 2.31. The van der Waals surface area contributed by atoms with Crippen LogP contribution in [0.3, 0.4) is 0 Å². The van der Waals surface area contributed by atoms with E-state index in [1.807, 2.05) is 0 Å². The maximum atomic E-state index is 13.4. The quantitative estimate of drug-likeness (QED) is 0.844. The number of pyridine rings is 1. The molecule has 0 saturated heterocycles. The van der Waals surface area contributed by atoms with Gasteiger partial charge in [0.05, 0.1) is 17.9 Å². The molecule has 2 rings (SSSR count). The predicted molar refractivity (Wildman–Crippen MR) is 56.6 cm³/mol. The molecule has 0 fully saturated rings. The van der Waals surface area contributed by atoms with Crippen LogP contribution in [0.1, 0.15) is 17.3 Å². The molecule has 4 heteroatoms. The SMILES string of the molecule is NC(c1ccc(F)cn1)c1ccccc1F. The molecule has 0 aliphatic carbocycles. The van der Waals surface area contributed by atoms with Crippen molar-refractivity contribution < 1.29 is 8.78 Å². The number of nitrogens with zero attached hydrogens (tertiary/aromatic N) is 1. The van der Waals surface area contributed by atoms with Gasteiger partial charge in [0.15, 0.2) is 0 Å². The second-order valence-corrected chi connectivity index (χ2v) is 3.40. The normalized spacial score (nSPS) is 12.4. The highest BCUT2D eigenvalue weighted by atomic mass is 19.1. The van der Waals surface area contributed by atoms with Crippen LogP contribution in [0.15, 0.2) is 42.6 Å². The molecule has 16 heavy (non-hydrogen) atoms. The van der Waals surface area contributed by atoms with E-state index in [4.69, 9.17) is 5.73 Å². The van der Waals surface area contributed by atoms with Crippen LogP contribution in [0.5, 0.6) is 0 Å². The Bertz CT molecular complexity index is 483. The van der Waals surface area contributed by atoms with Crippen molar-refractivity contribution in [2.24, 2.45) is 5.73 Å². The zero-order valence-electron chi connectivity index (χ0n) is 8.40. The molecule has 0 saturated carbocycles. The van der Waals surface area contributed by atoms with Gasteiger partial charge in [-0.1, -0.05) is 18.2 Å². The maximum Gasteiger partial charge on any atom is 0.141 e. The average Bonchev–Trinajstić information content (AvgIpc) is 2.30. The van der Waals surface area contributed by atoms with E-state index in [1.54, 1.807) is 18.2 Å². The third-order valence-corrected chi connectivity index (χ3v) is 2.31. The first-order valence-electron chi connectivity index (χ1n) is 4.80. The molecule has 1 aromatic carbocycles. The number of halogens is 2. The van der Waals surface area contributed by atoms with Gasteiger partial charge in [0.2, 0.25) is 0 Å². The summed E-state index contributed by atoms with van der Waals surface area (Å²) >= 11 is 0. The van der Waals surface area contributed by atoms with Crippen molar-refractivity contribution in [3.05, 3.63) is 65.5 Å². The molecule has 0 spiro atoms. The summed E-state index contributed by atoms with van der Waals surface area (Å²) in [7, 11) is 0. The summed E-state index contributed by atoms with van der Waals surface area (Å²) in [5, 5.41) is 0. The molecule has 1 atom stereocenters. The molecule has 2 N–H and O–H groups in total. The molecule has 0 aliphatic heterocycles. The smallest absolute Gasteiger partial charge is 0.141 e. The highest BCUT2D eigenvalue weighted by Crippen LogP contribution is 2.20. The van der Waals surface area contributed by atoms with Gasteiger partial charge in [0.25, 0.3) is 0 Å². The van der Waals surface area contributed by atoms with Crippen molar-refractivity contribution in [3.8, 4) is 0 Å². The van der Waals surface area contributed by atoms with Crippen LogP contribution in [0.4, 0.5) is 8.78 Å². The fourth-order valence-electron chi connectivity index (χ4n) is 1.46. The molecule has 1 aromatic heterocycles. The standard InChI is InChI=1S/C12H10F2N2/c13-8-5-6-11(16-7-8)12(15)9-3-1-2-4-10(9)14/h1-7,12H,15H2. The van der Waals surface area contributed by atoms with Gasteiger partial charge in [-0.15, -0.1) is 0 Å². The number of rotatable bonds is 2.